The Morgan fingerprint density at radius 2 is 1.21 bits per heavy atom. The Kier molecular flexibility index (Phi) is 16.9. The smallest absolute Gasteiger partial charge is 0.243 e. The summed E-state index contributed by atoms with van der Waals surface area (Å²) in [7, 11) is 0. The normalized spacial score (nSPS) is 16.0. The second-order valence-corrected chi connectivity index (χ2v) is 14.8. The fourth-order valence-corrected chi connectivity index (χ4v) is 6.08. The van der Waals surface area contributed by atoms with Crippen molar-refractivity contribution in [2.24, 2.45) is 11.8 Å². The molecule has 1 radical (unpaired) electrons. The van der Waals surface area contributed by atoms with E-state index in [-0.39, 0.29) is 43.6 Å². The van der Waals surface area contributed by atoms with Gasteiger partial charge in [0, 0.05) is 19.5 Å². The van der Waals surface area contributed by atoms with Crippen LogP contribution in [-0.4, -0.2) is 102 Å². The Bertz CT molecular complexity index is 1440. The molecule has 0 unspecified atom stereocenters. The van der Waals surface area contributed by atoms with E-state index in [4.69, 9.17) is 4.74 Å². The lowest BCUT2D eigenvalue weighted by Gasteiger charge is -2.29. The number of rotatable bonds is 20. The molecule has 5 N–H and O–H groups in total. The van der Waals surface area contributed by atoms with Gasteiger partial charge in [0.2, 0.25) is 23.6 Å². The van der Waals surface area contributed by atoms with Gasteiger partial charge in [0.05, 0.1) is 25.8 Å². The number of benzene rings is 2. The van der Waals surface area contributed by atoms with Crippen molar-refractivity contribution in [3.05, 3.63) is 78.7 Å². The molecule has 1 fully saturated rings. The maximum Gasteiger partial charge on any atom is 0.243 e. The summed E-state index contributed by atoms with van der Waals surface area (Å²) in [6.45, 7) is 14.9. The highest BCUT2D eigenvalue weighted by atomic mass is 16.5. The van der Waals surface area contributed by atoms with E-state index in [2.05, 4.69) is 28.2 Å². The Morgan fingerprint density at radius 1 is 0.731 bits per heavy atom. The van der Waals surface area contributed by atoms with Gasteiger partial charge in [0.1, 0.15) is 23.7 Å². The number of aryl methyl sites for hydroxylation is 1. The van der Waals surface area contributed by atoms with Crippen molar-refractivity contribution >= 4 is 29.4 Å². The molecule has 0 saturated carbocycles. The second-order valence-electron chi connectivity index (χ2n) is 14.8. The lowest BCUT2D eigenvalue weighted by molar-refractivity contribution is -0.138. The second kappa shape index (κ2) is 20.8. The van der Waals surface area contributed by atoms with E-state index in [0.29, 0.717) is 39.1 Å². The van der Waals surface area contributed by atoms with Crippen LogP contribution in [0.25, 0.3) is 0 Å². The average Bonchev–Trinajstić information content (AvgIpc) is 3.09. The van der Waals surface area contributed by atoms with Gasteiger partial charge in [-0.25, -0.2) is 0 Å². The summed E-state index contributed by atoms with van der Waals surface area (Å²) in [6, 6.07) is 14.7. The molecule has 0 aliphatic carbocycles. The number of hydrogen-bond acceptors (Lipinski definition) is 8. The molecule has 0 aromatic heterocycles. The van der Waals surface area contributed by atoms with Crippen molar-refractivity contribution in [3.63, 3.8) is 0 Å². The van der Waals surface area contributed by atoms with Crippen molar-refractivity contribution in [2.45, 2.75) is 96.5 Å². The van der Waals surface area contributed by atoms with Crippen molar-refractivity contribution in [1.29, 1.82) is 0 Å². The SMILES string of the molecule is [CH2][C@](C)(O)C(=O)[C@H](CC(C)C)NC(=O)[C@H](Cc1ccccc1)NC(=O)[C@H](CC(C)C)NC(=O)[C@H](CCc1ccccc1)NC(=O)CN1CCOCC1. The zero-order valence-corrected chi connectivity index (χ0v) is 31.4. The summed E-state index contributed by atoms with van der Waals surface area (Å²) in [4.78, 5) is 70.0. The molecule has 1 aliphatic heterocycles. The predicted octanol–water partition coefficient (Wildman–Crippen LogP) is 2.38. The summed E-state index contributed by atoms with van der Waals surface area (Å²) in [6.07, 6.45) is 1.47. The number of nitrogens with zero attached hydrogens (tertiary/aromatic N) is 1. The van der Waals surface area contributed by atoms with Gasteiger partial charge in [-0.2, -0.15) is 0 Å². The van der Waals surface area contributed by atoms with Crippen LogP contribution in [0.15, 0.2) is 60.7 Å². The van der Waals surface area contributed by atoms with E-state index in [1.807, 2.05) is 93.3 Å². The molecule has 285 valence electrons. The highest BCUT2D eigenvalue weighted by molar-refractivity contribution is 5.98. The van der Waals surface area contributed by atoms with Crippen molar-refractivity contribution in [3.8, 4) is 0 Å². The van der Waals surface area contributed by atoms with Crippen LogP contribution in [-0.2, 0) is 41.6 Å². The summed E-state index contributed by atoms with van der Waals surface area (Å²) in [5.41, 5.74) is -0.150. The van der Waals surface area contributed by atoms with Crippen molar-refractivity contribution < 1.29 is 33.8 Å². The molecule has 5 atom stereocenters. The minimum absolute atomic E-state index is 0.00796. The molecule has 4 amide bonds. The van der Waals surface area contributed by atoms with Gasteiger partial charge in [-0.15, -0.1) is 0 Å². The minimum Gasteiger partial charge on any atom is -0.382 e. The largest absolute Gasteiger partial charge is 0.382 e. The van der Waals surface area contributed by atoms with Crippen LogP contribution in [0.1, 0.15) is 65.0 Å². The lowest BCUT2D eigenvalue weighted by Crippen LogP contribution is -2.59. The standard InChI is InChI=1S/C40H58N5O7/c1-27(2)23-32(36(47)40(5,6)51)42-39(50)34(25-30-15-11-8-12-16-30)44-38(49)33(24-28(3)4)43-37(48)31(18-17-29-13-9-7-10-14-29)41-35(46)26-45-19-21-52-22-20-45/h7-16,27-28,31-34,51H,5,17-26H2,1-4,6H3,(H,41,46)(H,42,50)(H,43,48)(H,44,49)/t31-,32-,33-,34-,40+/m0/s1. The average molecular weight is 721 g/mol. The third-order valence-electron chi connectivity index (χ3n) is 8.81. The van der Waals surface area contributed by atoms with E-state index in [1.165, 1.54) is 6.92 Å². The molecular formula is C40H58N5O7. The maximum atomic E-state index is 14.0. The number of nitrogens with one attached hydrogen (secondary N) is 4. The summed E-state index contributed by atoms with van der Waals surface area (Å²) < 4.78 is 5.39. The van der Waals surface area contributed by atoms with Crippen LogP contribution in [0, 0.1) is 18.8 Å². The molecule has 1 aliphatic rings. The Hall–Kier alpha value is -4.13. The van der Waals surface area contributed by atoms with E-state index in [1.54, 1.807) is 0 Å². The number of ketones is 1. The molecule has 12 nitrogen and oxygen atoms in total. The van der Waals surface area contributed by atoms with Crippen LogP contribution in [0.5, 0.6) is 0 Å². The quantitative estimate of drug-likeness (QED) is 0.139. The highest BCUT2D eigenvalue weighted by Crippen LogP contribution is 2.15. The predicted molar refractivity (Wildman–Crippen MR) is 200 cm³/mol. The molecule has 52 heavy (non-hydrogen) atoms. The molecule has 0 bridgehead atoms. The first kappa shape index (κ1) is 42.3. The fraction of sp³-hybridized carbons (Fsp3) is 0.550. The van der Waals surface area contributed by atoms with Crippen LogP contribution in [0.2, 0.25) is 0 Å². The monoisotopic (exact) mass is 720 g/mol. The molecule has 1 saturated heterocycles. The number of aliphatic hydroxyl groups is 1. The van der Waals surface area contributed by atoms with E-state index < -0.39 is 53.3 Å². The summed E-state index contributed by atoms with van der Waals surface area (Å²) >= 11 is 0. The molecular weight excluding hydrogens is 662 g/mol. The van der Waals surface area contributed by atoms with Gasteiger partial charge >= 0.3 is 0 Å². The van der Waals surface area contributed by atoms with E-state index in [0.717, 1.165) is 11.1 Å². The number of morpholine rings is 1. The fourth-order valence-electron chi connectivity index (χ4n) is 6.08. The van der Waals surface area contributed by atoms with Crippen molar-refractivity contribution in [2.75, 3.05) is 32.8 Å². The lowest BCUT2D eigenvalue weighted by atomic mass is 9.91. The first-order valence-corrected chi connectivity index (χ1v) is 18.3. The minimum atomic E-state index is -1.92. The van der Waals surface area contributed by atoms with Gasteiger partial charge in [-0.1, -0.05) is 88.4 Å². The first-order valence-electron chi connectivity index (χ1n) is 18.3. The maximum absolute atomic E-state index is 14.0. The van der Waals surface area contributed by atoms with E-state index >= 15 is 0 Å². The van der Waals surface area contributed by atoms with E-state index in [9.17, 15) is 29.1 Å². The van der Waals surface area contributed by atoms with Gasteiger partial charge < -0.3 is 31.1 Å². The van der Waals surface area contributed by atoms with Crippen molar-refractivity contribution in [1.82, 2.24) is 26.2 Å². The molecule has 2 aromatic rings. The van der Waals surface area contributed by atoms with Gasteiger partial charge in [-0.3, -0.25) is 28.9 Å². The zero-order chi connectivity index (χ0) is 38.3. The number of amides is 4. The first-order chi connectivity index (χ1) is 24.6. The Balaban J connectivity index is 1.83. The Labute approximate surface area is 308 Å². The molecule has 0 spiro atoms. The number of carbonyl (C=O) groups is 5. The number of ether oxygens (including phenoxy) is 1. The van der Waals surface area contributed by atoms with Crippen LogP contribution >= 0.6 is 0 Å². The van der Waals surface area contributed by atoms with Gasteiger partial charge in [0.15, 0.2) is 5.78 Å². The summed E-state index contributed by atoms with van der Waals surface area (Å²) in [5.74, 6) is -2.62. The molecule has 2 aromatic carbocycles. The molecule has 3 rings (SSSR count). The topological polar surface area (TPSA) is 166 Å². The van der Waals surface area contributed by atoms with Crippen LogP contribution in [0.4, 0.5) is 0 Å². The number of Topliss-reactive ketones (excluding diaryl/α,β-unsaturated/α-hetero) is 1. The van der Waals surface area contributed by atoms with Crippen LogP contribution < -0.4 is 21.3 Å². The molecule has 1 heterocycles. The highest BCUT2D eigenvalue weighted by Gasteiger charge is 2.36. The molecule has 12 heteroatoms. The third kappa shape index (κ3) is 14.8. The Morgan fingerprint density at radius 3 is 1.77 bits per heavy atom. The number of carbonyl (C=O) groups excluding carboxylic acids is 5. The summed E-state index contributed by atoms with van der Waals surface area (Å²) in [5, 5.41) is 21.7. The van der Waals surface area contributed by atoms with Gasteiger partial charge in [-0.05, 0) is 62.5 Å². The third-order valence-corrected chi connectivity index (χ3v) is 8.81. The van der Waals surface area contributed by atoms with Crippen LogP contribution in [0.3, 0.4) is 0 Å². The number of hydrogen-bond donors (Lipinski definition) is 5. The van der Waals surface area contributed by atoms with Gasteiger partial charge in [0.25, 0.3) is 0 Å². The zero-order valence-electron chi connectivity index (χ0n) is 31.4.